The third-order valence-electron chi connectivity index (χ3n) is 5.01. The van der Waals surface area contributed by atoms with Gasteiger partial charge in [-0.25, -0.2) is 0 Å². The Kier molecular flexibility index (Phi) is 5.68. The number of nitrogens with zero attached hydrogens (tertiary/aromatic N) is 1. The van der Waals surface area contributed by atoms with Crippen LogP contribution in [0.25, 0.3) is 0 Å². The smallest absolute Gasteiger partial charge is 0.162 e. The van der Waals surface area contributed by atoms with Gasteiger partial charge in [-0.05, 0) is 61.4 Å². The molecule has 1 heterocycles. The first kappa shape index (κ1) is 16.8. The Balaban J connectivity index is 1.54. The zero-order chi connectivity index (χ0) is 16.8. The molecule has 0 spiro atoms. The monoisotopic (exact) mass is 321 g/mol. The Morgan fingerprint density at radius 3 is 2.29 bits per heavy atom. The van der Waals surface area contributed by atoms with Crippen molar-refractivity contribution in [3.63, 3.8) is 0 Å². The van der Waals surface area contributed by atoms with Gasteiger partial charge in [-0.1, -0.05) is 37.3 Å². The molecule has 0 aliphatic carbocycles. The van der Waals surface area contributed by atoms with Crippen LogP contribution in [-0.4, -0.2) is 18.9 Å². The molecule has 0 radical (unpaired) electrons. The molecule has 1 aliphatic heterocycles. The van der Waals surface area contributed by atoms with Crippen LogP contribution in [0.4, 0.5) is 5.69 Å². The van der Waals surface area contributed by atoms with E-state index in [0.717, 1.165) is 31.0 Å². The predicted molar refractivity (Wildman–Crippen MR) is 101 cm³/mol. The standard InChI is InChI=1S/C22H27NO/c1-2-6-22(24)20-9-11-21(12-10-20)23-15-13-19(14-16-23)17-18-7-4-3-5-8-18/h3-5,7-12,19H,2,6,13-17H2,1H3. The molecule has 0 bridgehead atoms. The van der Waals surface area contributed by atoms with Gasteiger partial charge in [0.05, 0.1) is 0 Å². The lowest BCUT2D eigenvalue weighted by Gasteiger charge is -2.33. The van der Waals surface area contributed by atoms with Crippen molar-refractivity contribution in [3.8, 4) is 0 Å². The van der Waals surface area contributed by atoms with Crippen molar-refractivity contribution in [1.82, 2.24) is 0 Å². The lowest BCUT2D eigenvalue weighted by molar-refractivity contribution is 0.0982. The quantitative estimate of drug-likeness (QED) is 0.688. The van der Waals surface area contributed by atoms with Crippen LogP contribution < -0.4 is 4.90 Å². The minimum Gasteiger partial charge on any atom is -0.372 e. The van der Waals surface area contributed by atoms with Gasteiger partial charge in [0.2, 0.25) is 0 Å². The molecule has 1 aliphatic rings. The molecule has 0 amide bonds. The van der Waals surface area contributed by atoms with Crippen LogP contribution in [0.15, 0.2) is 54.6 Å². The number of hydrogen-bond donors (Lipinski definition) is 0. The van der Waals surface area contributed by atoms with Gasteiger partial charge in [0.15, 0.2) is 5.78 Å². The fraction of sp³-hybridized carbons (Fsp3) is 0.409. The third-order valence-corrected chi connectivity index (χ3v) is 5.01. The van der Waals surface area contributed by atoms with E-state index in [1.165, 1.54) is 30.5 Å². The van der Waals surface area contributed by atoms with Gasteiger partial charge < -0.3 is 4.90 Å². The lowest BCUT2D eigenvalue weighted by atomic mass is 9.90. The number of carbonyl (C=O) groups is 1. The molecule has 2 aromatic rings. The molecule has 1 fully saturated rings. The van der Waals surface area contributed by atoms with Crippen LogP contribution in [-0.2, 0) is 6.42 Å². The van der Waals surface area contributed by atoms with Crippen molar-refractivity contribution < 1.29 is 4.79 Å². The van der Waals surface area contributed by atoms with Crippen LogP contribution in [0.1, 0.15) is 48.5 Å². The van der Waals surface area contributed by atoms with Crippen LogP contribution in [0.3, 0.4) is 0 Å². The summed E-state index contributed by atoms with van der Waals surface area (Å²) in [6.45, 7) is 4.27. The van der Waals surface area contributed by atoms with Gasteiger partial charge in [-0.3, -0.25) is 4.79 Å². The second kappa shape index (κ2) is 8.14. The average Bonchev–Trinajstić information content (AvgIpc) is 2.64. The Morgan fingerprint density at radius 1 is 1.00 bits per heavy atom. The van der Waals surface area contributed by atoms with E-state index in [4.69, 9.17) is 0 Å². The highest BCUT2D eigenvalue weighted by atomic mass is 16.1. The number of piperidine rings is 1. The average molecular weight is 321 g/mol. The van der Waals surface area contributed by atoms with Crippen molar-refractivity contribution in [2.45, 2.75) is 39.0 Å². The van der Waals surface area contributed by atoms with Crippen LogP contribution in [0.2, 0.25) is 0 Å². The molecule has 2 aromatic carbocycles. The second-order valence-electron chi connectivity index (χ2n) is 6.84. The Labute approximate surface area is 145 Å². The van der Waals surface area contributed by atoms with Crippen molar-refractivity contribution >= 4 is 11.5 Å². The van der Waals surface area contributed by atoms with Crippen molar-refractivity contribution in [2.24, 2.45) is 5.92 Å². The van der Waals surface area contributed by atoms with E-state index in [2.05, 4.69) is 47.4 Å². The summed E-state index contributed by atoms with van der Waals surface area (Å²) < 4.78 is 0. The van der Waals surface area contributed by atoms with E-state index >= 15 is 0 Å². The minimum atomic E-state index is 0.255. The van der Waals surface area contributed by atoms with Gasteiger partial charge in [0, 0.05) is 30.8 Å². The van der Waals surface area contributed by atoms with E-state index in [9.17, 15) is 4.79 Å². The van der Waals surface area contributed by atoms with Gasteiger partial charge in [-0.15, -0.1) is 0 Å². The number of Topliss-reactive ketones (excluding diaryl/α,β-unsaturated/α-hetero) is 1. The molecule has 2 heteroatoms. The highest BCUT2D eigenvalue weighted by Gasteiger charge is 2.19. The Hall–Kier alpha value is -2.09. The van der Waals surface area contributed by atoms with Gasteiger partial charge in [0.25, 0.3) is 0 Å². The number of benzene rings is 2. The van der Waals surface area contributed by atoms with Gasteiger partial charge >= 0.3 is 0 Å². The molecule has 2 nitrogen and oxygen atoms in total. The topological polar surface area (TPSA) is 20.3 Å². The zero-order valence-corrected chi connectivity index (χ0v) is 14.6. The second-order valence-corrected chi connectivity index (χ2v) is 6.84. The summed E-state index contributed by atoms with van der Waals surface area (Å²) in [4.78, 5) is 14.4. The Bertz CT molecular complexity index is 639. The summed E-state index contributed by atoms with van der Waals surface area (Å²) in [6.07, 6.45) is 5.23. The highest BCUT2D eigenvalue weighted by Crippen LogP contribution is 2.26. The molecule has 0 unspecified atom stereocenters. The summed E-state index contributed by atoms with van der Waals surface area (Å²) in [5.41, 5.74) is 3.55. The van der Waals surface area contributed by atoms with E-state index in [-0.39, 0.29) is 5.78 Å². The lowest BCUT2D eigenvalue weighted by Crippen LogP contribution is -2.34. The molecule has 3 rings (SSSR count). The van der Waals surface area contributed by atoms with E-state index in [1.807, 2.05) is 19.1 Å². The fourth-order valence-electron chi connectivity index (χ4n) is 3.57. The summed E-state index contributed by atoms with van der Waals surface area (Å²) >= 11 is 0. The van der Waals surface area contributed by atoms with Crippen molar-refractivity contribution in [1.29, 1.82) is 0 Å². The van der Waals surface area contributed by atoms with Crippen LogP contribution >= 0.6 is 0 Å². The molecule has 0 saturated carbocycles. The summed E-state index contributed by atoms with van der Waals surface area (Å²) in [6, 6.07) is 19.0. The predicted octanol–water partition coefficient (Wildman–Crippen LogP) is 5.13. The number of hydrogen-bond acceptors (Lipinski definition) is 2. The van der Waals surface area contributed by atoms with Crippen LogP contribution in [0.5, 0.6) is 0 Å². The van der Waals surface area contributed by atoms with E-state index < -0.39 is 0 Å². The first-order valence-corrected chi connectivity index (χ1v) is 9.18. The van der Waals surface area contributed by atoms with Gasteiger partial charge in [-0.2, -0.15) is 0 Å². The first-order chi connectivity index (χ1) is 11.8. The van der Waals surface area contributed by atoms with E-state index in [0.29, 0.717) is 6.42 Å². The van der Waals surface area contributed by atoms with Crippen LogP contribution in [0, 0.1) is 5.92 Å². The summed E-state index contributed by atoms with van der Waals surface area (Å²) in [7, 11) is 0. The normalized spacial score (nSPS) is 15.5. The molecular formula is C22H27NO. The molecule has 24 heavy (non-hydrogen) atoms. The largest absolute Gasteiger partial charge is 0.372 e. The minimum absolute atomic E-state index is 0.255. The van der Waals surface area contributed by atoms with Crippen molar-refractivity contribution in [2.75, 3.05) is 18.0 Å². The Morgan fingerprint density at radius 2 is 1.67 bits per heavy atom. The SMILES string of the molecule is CCCC(=O)c1ccc(N2CCC(Cc3ccccc3)CC2)cc1. The molecule has 0 N–H and O–H groups in total. The first-order valence-electron chi connectivity index (χ1n) is 9.18. The maximum absolute atomic E-state index is 11.9. The number of ketones is 1. The fourth-order valence-corrected chi connectivity index (χ4v) is 3.57. The third kappa shape index (κ3) is 4.25. The molecule has 1 saturated heterocycles. The summed E-state index contributed by atoms with van der Waals surface area (Å²) in [5, 5.41) is 0. The number of rotatable bonds is 6. The zero-order valence-electron chi connectivity index (χ0n) is 14.6. The summed E-state index contributed by atoms with van der Waals surface area (Å²) in [5.74, 6) is 1.04. The van der Waals surface area contributed by atoms with Crippen molar-refractivity contribution in [3.05, 3.63) is 65.7 Å². The maximum Gasteiger partial charge on any atom is 0.162 e. The molecular weight excluding hydrogens is 294 g/mol. The highest BCUT2D eigenvalue weighted by molar-refractivity contribution is 5.96. The molecule has 0 atom stereocenters. The van der Waals surface area contributed by atoms with E-state index in [1.54, 1.807) is 0 Å². The number of carbonyl (C=O) groups excluding carboxylic acids is 1. The van der Waals surface area contributed by atoms with Gasteiger partial charge in [0.1, 0.15) is 0 Å². The molecule has 0 aromatic heterocycles. The number of anilines is 1. The maximum atomic E-state index is 11.9. The molecule has 126 valence electrons.